The summed E-state index contributed by atoms with van der Waals surface area (Å²) in [5, 5.41) is 11.8. The average molecular weight is 326 g/mol. The summed E-state index contributed by atoms with van der Waals surface area (Å²) in [6.45, 7) is 0. The Morgan fingerprint density at radius 3 is 2.70 bits per heavy atom. The molecule has 0 N–H and O–H groups in total. The summed E-state index contributed by atoms with van der Waals surface area (Å²) >= 11 is 13.1. The number of rotatable bonds is 4. The smallest absolute Gasteiger partial charge is 0.194 e. The number of carbonyl (C=O) groups excluding carboxylic acids is 1. The number of benzene rings is 1. The Morgan fingerprint density at radius 1 is 1.40 bits per heavy atom. The summed E-state index contributed by atoms with van der Waals surface area (Å²) in [6.07, 6.45) is 0. The van der Waals surface area contributed by atoms with Gasteiger partial charge < -0.3 is 4.74 Å². The molecule has 6 heteroatoms. The summed E-state index contributed by atoms with van der Waals surface area (Å²) in [5.41, 5.74) is 0.455. The normalized spacial score (nSPS) is 11.7. The van der Waals surface area contributed by atoms with Gasteiger partial charge in [-0.05, 0) is 17.7 Å². The fourth-order valence-corrected chi connectivity index (χ4v) is 3.05. The SMILES string of the molecule is COc1csc(C(=O)C(C#N)c2ccc(Cl)cc2Cl)c1. The van der Waals surface area contributed by atoms with Crippen LogP contribution in [0.15, 0.2) is 29.6 Å². The van der Waals surface area contributed by atoms with Crippen molar-refractivity contribution in [1.82, 2.24) is 0 Å². The number of halogens is 2. The molecular formula is C14H9Cl2NO2S. The molecule has 0 aliphatic rings. The number of nitriles is 1. The second-order valence-electron chi connectivity index (χ2n) is 3.94. The number of ketones is 1. The third-order valence-corrected chi connectivity index (χ3v) is 4.20. The lowest BCUT2D eigenvalue weighted by Gasteiger charge is -2.09. The number of carbonyl (C=O) groups is 1. The number of hydrogen-bond donors (Lipinski definition) is 0. The van der Waals surface area contributed by atoms with Crippen molar-refractivity contribution in [2.45, 2.75) is 5.92 Å². The molecule has 1 unspecified atom stereocenters. The van der Waals surface area contributed by atoms with Crippen molar-refractivity contribution >= 4 is 40.3 Å². The third kappa shape index (κ3) is 2.96. The zero-order chi connectivity index (χ0) is 14.7. The Kier molecular flexibility index (Phi) is 4.66. The van der Waals surface area contributed by atoms with E-state index in [9.17, 15) is 10.1 Å². The van der Waals surface area contributed by atoms with Crippen LogP contribution in [-0.2, 0) is 0 Å². The minimum absolute atomic E-state index is 0.301. The Morgan fingerprint density at radius 2 is 2.15 bits per heavy atom. The van der Waals surface area contributed by atoms with Gasteiger partial charge in [0.2, 0.25) is 0 Å². The molecule has 0 spiro atoms. The van der Waals surface area contributed by atoms with Crippen molar-refractivity contribution in [1.29, 1.82) is 5.26 Å². The predicted molar refractivity (Wildman–Crippen MR) is 80.0 cm³/mol. The summed E-state index contributed by atoms with van der Waals surface area (Å²) in [5.74, 6) is -0.662. The molecule has 20 heavy (non-hydrogen) atoms. The van der Waals surface area contributed by atoms with Crippen LogP contribution >= 0.6 is 34.5 Å². The lowest BCUT2D eigenvalue weighted by molar-refractivity contribution is 0.0982. The molecule has 0 radical (unpaired) electrons. The van der Waals surface area contributed by atoms with Gasteiger partial charge in [-0.15, -0.1) is 11.3 Å². The first-order valence-corrected chi connectivity index (χ1v) is 7.21. The molecule has 0 saturated heterocycles. The highest BCUT2D eigenvalue weighted by Crippen LogP contribution is 2.32. The monoisotopic (exact) mass is 325 g/mol. The van der Waals surface area contributed by atoms with Crippen LogP contribution in [0.4, 0.5) is 0 Å². The van der Waals surface area contributed by atoms with E-state index in [-0.39, 0.29) is 5.78 Å². The zero-order valence-corrected chi connectivity index (χ0v) is 12.7. The lowest BCUT2D eigenvalue weighted by atomic mass is 9.95. The van der Waals surface area contributed by atoms with Crippen molar-refractivity contribution in [2.75, 3.05) is 7.11 Å². The fraction of sp³-hybridized carbons (Fsp3) is 0.143. The van der Waals surface area contributed by atoms with Gasteiger partial charge >= 0.3 is 0 Å². The van der Waals surface area contributed by atoms with Crippen molar-refractivity contribution in [3.05, 3.63) is 50.1 Å². The van der Waals surface area contributed by atoms with Crippen LogP contribution < -0.4 is 4.74 Å². The molecule has 0 aliphatic heterocycles. The van der Waals surface area contributed by atoms with E-state index in [2.05, 4.69) is 0 Å². The van der Waals surface area contributed by atoms with Crippen LogP contribution in [0.25, 0.3) is 0 Å². The standard InChI is InChI=1S/C14H9Cl2NO2S/c1-19-9-5-13(20-7-9)14(18)11(6-17)10-3-2-8(15)4-12(10)16/h2-5,7,11H,1H3. The number of nitrogens with zero attached hydrogens (tertiary/aromatic N) is 1. The number of methoxy groups -OCH3 is 1. The van der Waals surface area contributed by atoms with E-state index in [4.69, 9.17) is 27.9 Å². The molecule has 102 valence electrons. The fourth-order valence-electron chi connectivity index (χ4n) is 1.70. The maximum absolute atomic E-state index is 12.4. The Labute approximate surface area is 130 Å². The van der Waals surface area contributed by atoms with Gasteiger partial charge in [0.1, 0.15) is 11.7 Å². The van der Waals surface area contributed by atoms with E-state index >= 15 is 0 Å². The van der Waals surface area contributed by atoms with Gasteiger partial charge in [-0.3, -0.25) is 4.79 Å². The molecule has 1 heterocycles. The van der Waals surface area contributed by atoms with Crippen LogP contribution in [0, 0.1) is 11.3 Å². The van der Waals surface area contributed by atoms with E-state index in [0.717, 1.165) is 0 Å². The van der Waals surface area contributed by atoms with Crippen molar-refractivity contribution in [3.8, 4) is 11.8 Å². The number of ether oxygens (including phenoxy) is 1. The quantitative estimate of drug-likeness (QED) is 0.774. The molecule has 1 aromatic heterocycles. The third-order valence-electron chi connectivity index (χ3n) is 2.72. The summed E-state index contributed by atoms with van der Waals surface area (Å²) < 4.78 is 5.04. The summed E-state index contributed by atoms with van der Waals surface area (Å²) in [4.78, 5) is 12.8. The lowest BCUT2D eigenvalue weighted by Crippen LogP contribution is -2.10. The van der Waals surface area contributed by atoms with Gasteiger partial charge in [-0.2, -0.15) is 5.26 Å². The van der Waals surface area contributed by atoms with Gasteiger partial charge in [0.05, 0.1) is 18.1 Å². The second kappa shape index (κ2) is 6.27. The number of thiophene rings is 1. The minimum atomic E-state index is -0.955. The van der Waals surface area contributed by atoms with Gasteiger partial charge in [0.25, 0.3) is 0 Å². The van der Waals surface area contributed by atoms with Crippen LogP contribution in [0.2, 0.25) is 10.0 Å². The first-order chi connectivity index (χ1) is 9.56. The van der Waals surface area contributed by atoms with Crippen LogP contribution in [-0.4, -0.2) is 12.9 Å². The maximum Gasteiger partial charge on any atom is 0.194 e. The van der Waals surface area contributed by atoms with Gasteiger partial charge in [-0.1, -0.05) is 29.3 Å². The molecule has 1 aromatic carbocycles. The molecule has 2 aromatic rings. The Hall–Kier alpha value is -1.54. The van der Waals surface area contributed by atoms with Crippen LogP contribution in [0.3, 0.4) is 0 Å². The highest BCUT2D eigenvalue weighted by Gasteiger charge is 2.25. The van der Waals surface area contributed by atoms with Crippen molar-refractivity contribution in [3.63, 3.8) is 0 Å². The van der Waals surface area contributed by atoms with E-state index in [1.165, 1.54) is 24.5 Å². The van der Waals surface area contributed by atoms with Gasteiger partial charge in [-0.25, -0.2) is 0 Å². The average Bonchev–Trinajstić information content (AvgIpc) is 2.90. The number of hydrogen-bond acceptors (Lipinski definition) is 4. The first kappa shape index (κ1) is 14.9. The van der Waals surface area contributed by atoms with E-state index in [0.29, 0.717) is 26.2 Å². The van der Waals surface area contributed by atoms with E-state index in [1.54, 1.807) is 23.6 Å². The predicted octanol–water partition coefficient (Wildman–Crippen LogP) is 4.55. The molecule has 0 aliphatic carbocycles. The first-order valence-electron chi connectivity index (χ1n) is 5.58. The molecule has 0 bridgehead atoms. The van der Waals surface area contributed by atoms with E-state index in [1.807, 2.05) is 6.07 Å². The molecule has 0 saturated carbocycles. The molecular weight excluding hydrogens is 317 g/mol. The Bertz CT molecular complexity index is 691. The van der Waals surface area contributed by atoms with Gasteiger partial charge in [0, 0.05) is 21.5 Å². The molecule has 1 atom stereocenters. The van der Waals surface area contributed by atoms with Crippen molar-refractivity contribution < 1.29 is 9.53 Å². The molecule has 0 fully saturated rings. The van der Waals surface area contributed by atoms with Crippen LogP contribution in [0.1, 0.15) is 21.2 Å². The topological polar surface area (TPSA) is 50.1 Å². The molecule has 3 nitrogen and oxygen atoms in total. The highest BCUT2D eigenvalue weighted by molar-refractivity contribution is 7.12. The summed E-state index contributed by atoms with van der Waals surface area (Å²) in [7, 11) is 1.52. The highest BCUT2D eigenvalue weighted by atomic mass is 35.5. The maximum atomic E-state index is 12.4. The Balaban J connectivity index is 2.37. The second-order valence-corrected chi connectivity index (χ2v) is 5.70. The van der Waals surface area contributed by atoms with E-state index < -0.39 is 5.92 Å². The molecule has 0 amide bonds. The number of Topliss-reactive ketones (excluding diaryl/α,β-unsaturated/α-hetero) is 1. The summed E-state index contributed by atoms with van der Waals surface area (Å²) in [6, 6.07) is 8.33. The van der Waals surface area contributed by atoms with Crippen molar-refractivity contribution in [2.24, 2.45) is 0 Å². The minimum Gasteiger partial charge on any atom is -0.496 e. The largest absolute Gasteiger partial charge is 0.496 e. The molecule has 2 rings (SSSR count). The van der Waals surface area contributed by atoms with Crippen LogP contribution in [0.5, 0.6) is 5.75 Å². The van der Waals surface area contributed by atoms with Gasteiger partial charge in [0.15, 0.2) is 5.78 Å². The zero-order valence-electron chi connectivity index (χ0n) is 10.4.